The number of esters is 1. The number of ether oxygens (including phenoxy) is 1. The summed E-state index contributed by atoms with van der Waals surface area (Å²) < 4.78 is 5.24. The van der Waals surface area contributed by atoms with Crippen LogP contribution in [0.25, 0.3) is 0 Å². The van der Waals surface area contributed by atoms with Gasteiger partial charge in [0.15, 0.2) is 6.10 Å². The highest BCUT2D eigenvalue weighted by molar-refractivity contribution is 5.98. The van der Waals surface area contributed by atoms with Crippen molar-refractivity contribution in [3.05, 3.63) is 60.2 Å². The average molecular weight is 312 g/mol. The fraction of sp³-hybridized carbons (Fsp3) is 0.222. The first-order valence-electron chi connectivity index (χ1n) is 7.51. The molecular weight excluding hydrogens is 292 g/mol. The van der Waals surface area contributed by atoms with Crippen molar-refractivity contribution in [1.29, 1.82) is 0 Å². The number of benzene rings is 2. The van der Waals surface area contributed by atoms with Crippen LogP contribution >= 0.6 is 0 Å². The van der Waals surface area contributed by atoms with Crippen LogP contribution in [0.5, 0.6) is 0 Å². The van der Waals surface area contributed by atoms with Crippen molar-refractivity contribution < 1.29 is 14.3 Å². The van der Waals surface area contributed by atoms with Crippen LogP contribution in [-0.2, 0) is 9.53 Å². The molecule has 0 aliphatic carbocycles. The quantitative estimate of drug-likeness (QED) is 0.804. The van der Waals surface area contributed by atoms with Gasteiger partial charge in [-0.3, -0.25) is 4.79 Å². The van der Waals surface area contributed by atoms with Crippen molar-refractivity contribution in [2.24, 2.45) is 0 Å². The molecule has 0 saturated heterocycles. The molecule has 0 spiro atoms. The van der Waals surface area contributed by atoms with Gasteiger partial charge in [-0.25, -0.2) is 4.79 Å². The summed E-state index contributed by atoms with van der Waals surface area (Å²) in [6, 6.07) is 16.6. The Balaban J connectivity index is 2.13. The van der Waals surface area contributed by atoms with Gasteiger partial charge in [-0.15, -0.1) is 0 Å². The van der Waals surface area contributed by atoms with Gasteiger partial charge in [0.2, 0.25) is 0 Å². The fourth-order valence-electron chi connectivity index (χ4n) is 2.04. The van der Waals surface area contributed by atoms with Crippen LogP contribution in [-0.4, -0.2) is 24.5 Å². The SMILES string of the molecule is CCNC(=O)[C@H](C)OC(=O)c1ccccc1Nc1ccccc1. The molecule has 5 heteroatoms. The molecule has 1 amide bonds. The Morgan fingerprint density at radius 1 is 1.04 bits per heavy atom. The highest BCUT2D eigenvalue weighted by atomic mass is 16.5. The lowest BCUT2D eigenvalue weighted by atomic mass is 10.1. The van der Waals surface area contributed by atoms with Crippen LogP contribution in [0.1, 0.15) is 24.2 Å². The van der Waals surface area contributed by atoms with Crippen LogP contribution in [0.3, 0.4) is 0 Å². The van der Waals surface area contributed by atoms with Gasteiger partial charge >= 0.3 is 5.97 Å². The van der Waals surface area contributed by atoms with Gasteiger partial charge in [0.25, 0.3) is 5.91 Å². The number of nitrogens with one attached hydrogen (secondary N) is 2. The van der Waals surface area contributed by atoms with E-state index < -0.39 is 12.1 Å². The molecule has 0 aliphatic rings. The van der Waals surface area contributed by atoms with Crippen LogP contribution in [0.4, 0.5) is 11.4 Å². The van der Waals surface area contributed by atoms with Gasteiger partial charge in [0.05, 0.1) is 11.3 Å². The van der Waals surface area contributed by atoms with Crippen LogP contribution in [0, 0.1) is 0 Å². The van der Waals surface area contributed by atoms with Gasteiger partial charge in [-0.1, -0.05) is 30.3 Å². The van der Waals surface area contributed by atoms with Gasteiger partial charge < -0.3 is 15.4 Å². The number of likely N-dealkylation sites (N-methyl/N-ethyl adjacent to an activating group) is 1. The number of hydrogen-bond acceptors (Lipinski definition) is 4. The minimum Gasteiger partial charge on any atom is -0.449 e. The topological polar surface area (TPSA) is 67.4 Å². The first-order chi connectivity index (χ1) is 11.1. The normalized spacial score (nSPS) is 11.4. The van der Waals surface area contributed by atoms with Crippen LogP contribution < -0.4 is 10.6 Å². The lowest BCUT2D eigenvalue weighted by Crippen LogP contribution is -2.35. The second-order valence-electron chi connectivity index (χ2n) is 4.98. The summed E-state index contributed by atoms with van der Waals surface area (Å²) in [7, 11) is 0. The Morgan fingerprint density at radius 3 is 2.39 bits per heavy atom. The number of rotatable bonds is 6. The van der Waals surface area contributed by atoms with Gasteiger partial charge in [-0.2, -0.15) is 0 Å². The smallest absolute Gasteiger partial charge is 0.341 e. The van der Waals surface area contributed by atoms with Crippen molar-refractivity contribution in [3.63, 3.8) is 0 Å². The van der Waals surface area contributed by atoms with Crippen molar-refractivity contribution in [2.75, 3.05) is 11.9 Å². The average Bonchev–Trinajstić information content (AvgIpc) is 2.56. The van der Waals surface area contributed by atoms with Crippen LogP contribution in [0.15, 0.2) is 54.6 Å². The molecule has 2 aromatic rings. The lowest BCUT2D eigenvalue weighted by Gasteiger charge is -2.15. The largest absolute Gasteiger partial charge is 0.449 e. The van der Waals surface area contributed by atoms with E-state index >= 15 is 0 Å². The van der Waals surface area contributed by atoms with Gasteiger partial charge in [-0.05, 0) is 38.1 Å². The number of amides is 1. The van der Waals surface area contributed by atoms with E-state index in [1.54, 1.807) is 25.1 Å². The van der Waals surface area contributed by atoms with E-state index in [2.05, 4.69) is 10.6 Å². The Hall–Kier alpha value is -2.82. The van der Waals surface area contributed by atoms with E-state index in [-0.39, 0.29) is 5.91 Å². The number of carbonyl (C=O) groups is 2. The first-order valence-corrected chi connectivity index (χ1v) is 7.51. The van der Waals surface area contributed by atoms with Crippen molar-refractivity contribution in [1.82, 2.24) is 5.32 Å². The summed E-state index contributed by atoms with van der Waals surface area (Å²) in [5.41, 5.74) is 1.88. The summed E-state index contributed by atoms with van der Waals surface area (Å²) in [6.45, 7) is 3.86. The second-order valence-corrected chi connectivity index (χ2v) is 4.98. The highest BCUT2D eigenvalue weighted by Crippen LogP contribution is 2.21. The number of carbonyl (C=O) groups excluding carboxylic acids is 2. The van der Waals surface area contributed by atoms with E-state index in [9.17, 15) is 9.59 Å². The molecule has 0 aromatic heterocycles. The third kappa shape index (κ3) is 4.57. The zero-order chi connectivity index (χ0) is 16.7. The zero-order valence-corrected chi connectivity index (χ0v) is 13.2. The fourth-order valence-corrected chi connectivity index (χ4v) is 2.04. The first kappa shape index (κ1) is 16.5. The maximum atomic E-state index is 12.3. The molecule has 2 aromatic carbocycles. The molecule has 0 heterocycles. The number of anilines is 2. The predicted octanol–water partition coefficient (Wildman–Crippen LogP) is 3.11. The monoisotopic (exact) mass is 312 g/mol. The molecule has 120 valence electrons. The summed E-state index contributed by atoms with van der Waals surface area (Å²) in [4.78, 5) is 24.0. The molecular formula is C18H20N2O3. The zero-order valence-electron chi connectivity index (χ0n) is 13.2. The standard InChI is InChI=1S/C18H20N2O3/c1-3-19-17(21)13(2)23-18(22)15-11-7-8-12-16(15)20-14-9-5-4-6-10-14/h4-13,20H,3H2,1-2H3,(H,19,21)/t13-/m0/s1. The minimum absolute atomic E-state index is 0.311. The molecule has 23 heavy (non-hydrogen) atoms. The Kier molecular flexibility index (Phi) is 5.74. The maximum absolute atomic E-state index is 12.3. The van der Waals surface area contributed by atoms with Crippen molar-refractivity contribution in [2.45, 2.75) is 20.0 Å². The number of hydrogen-bond donors (Lipinski definition) is 2. The molecule has 0 radical (unpaired) electrons. The van der Waals surface area contributed by atoms with E-state index in [0.29, 0.717) is 17.8 Å². The second kappa shape index (κ2) is 7.98. The molecule has 1 atom stereocenters. The third-order valence-corrected chi connectivity index (χ3v) is 3.20. The molecule has 0 bridgehead atoms. The molecule has 5 nitrogen and oxygen atoms in total. The summed E-state index contributed by atoms with van der Waals surface area (Å²) >= 11 is 0. The Bertz CT molecular complexity index is 671. The molecule has 0 saturated carbocycles. The number of para-hydroxylation sites is 2. The van der Waals surface area contributed by atoms with Crippen LogP contribution in [0.2, 0.25) is 0 Å². The lowest BCUT2D eigenvalue weighted by molar-refractivity contribution is -0.128. The summed E-state index contributed by atoms with van der Waals surface area (Å²) in [5, 5.41) is 5.80. The molecule has 0 fully saturated rings. The maximum Gasteiger partial charge on any atom is 0.341 e. The third-order valence-electron chi connectivity index (χ3n) is 3.20. The predicted molar refractivity (Wildman–Crippen MR) is 89.7 cm³/mol. The van der Waals surface area contributed by atoms with E-state index in [1.807, 2.05) is 43.3 Å². The van der Waals surface area contributed by atoms with Gasteiger partial charge in [0.1, 0.15) is 0 Å². The van der Waals surface area contributed by atoms with Crippen molar-refractivity contribution >= 4 is 23.3 Å². The molecule has 2 rings (SSSR count). The molecule has 2 N–H and O–H groups in total. The van der Waals surface area contributed by atoms with E-state index in [4.69, 9.17) is 4.74 Å². The molecule has 0 aliphatic heterocycles. The minimum atomic E-state index is -0.841. The summed E-state index contributed by atoms with van der Waals surface area (Å²) in [6.07, 6.45) is -0.841. The van der Waals surface area contributed by atoms with Gasteiger partial charge in [0, 0.05) is 12.2 Å². The Labute approximate surface area is 135 Å². The summed E-state index contributed by atoms with van der Waals surface area (Å²) in [5.74, 6) is -0.850. The molecule has 0 unspecified atom stereocenters. The Morgan fingerprint density at radius 2 is 1.70 bits per heavy atom. The highest BCUT2D eigenvalue weighted by Gasteiger charge is 2.20. The van der Waals surface area contributed by atoms with Crippen molar-refractivity contribution in [3.8, 4) is 0 Å². The van der Waals surface area contributed by atoms with E-state index in [1.165, 1.54) is 0 Å². The van der Waals surface area contributed by atoms with E-state index in [0.717, 1.165) is 5.69 Å².